The van der Waals surface area contributed by atoms with Crippen LogP contribution in [0, 0.1) is 13.8 Å². The summed E-state index contributed by atoms with van der Waals surface area (Å²) < 4.78 is 2.91. The third-order valence-electron chi connectivity index (χ3n) is 3.46. The highest BCUT2D eigenvalue weighted by Gasteiger charge is 2.20. The van der Waals surface area contributed by atoms with E-state index in [2.05, 4.69) is 21.2 Å². The lowest BCUT2D eigenvalue weighted by atomic mass is 10.2. The SMILES string of the molecule is Cc1cc(C(=O)N[C@@H](C)C(=O)O)c(C)n1-c1cccc(Br)c1. The fourth-order valence-corrected chi connectivity index (χ4v) is 2.73. The summed E-state index contributed by atoms with van der Waals surface area (Å²) in [5.74, 6) is -1.45. The molecule has 1 heterocycles. The van der Waals surface area contributed by atoms with E-state index < -0.39 is 12.0 Å². The first kappa shape index (κ1) is 16.3. The van der Waals surface area contributed by atoms with Crippen LogP contribution in [0.3, 0.4) is 0 Å². The summed E-state index contributed by atoms with van der Waals surface area (Å²) in [6, 6.07) is 8.60. The van der Waals surface area contributed by atoms with Crippen molar-refractivity contribution in [3.8, 4) is 5.69 Å². The minimum absolute atomic E-state index is 0.385. The third kappa shape index (κ3) is 3.22. The first-order chi connectivity index (χ1) is 10.3. The van der Waals surface area contributed by atoms with Crippen LogP contribution in [0.1, 0.15) is 28.7 Å². The van der Waals surface area contributed by atoms with Crippen molar-refractivity contribution >= 4 is 27.8 Å². The second kappa shape index (κ2) is 6.36. The summed E-state index contributed by atoms with van der Waals surface area (Å²) in [6.07, 6.45) is 0. The molecule has 1 amide bonds. The Balaban J connectivity index is 2.39. The number of benzene rings is 1. The molecule has 0 spiro atoms. The zero-order valence-electron chi connectivity index (χ0n) is 12.6. The second-order valence-corrected chi connectivity index (χ2v) is 6.05. The monoisotopic (exact) mass is 364 g/mol. The molecule has 5 nitrogen and oxygen atoms in total. The number of aryl methyl sites for hydroxylation is 1. The van der Waals surface area contributed by atoms with Crippen LogP contribution in [0.2, 0.25) is 0 Å². The van der Waals surface area contributed by atoms with E-state index >= 15 is 0 Å². The van der Waals surface area contributed by atoms with Gasteiger partial charge in [-0.05, 0) is 45.0 Å². The first-order valence-corrected chi connectivity index (χ1v) is 7.59. The van der Waals surface area contributed by atoms with Gasteiger partial charge in [-0.1, -0.05) is 22.0 Å². The van der Waals surface area contributed by atoms with Crippen LogP contribution in [0.25, 0.3) is 5.69 Å². The second-order valence-electron chi connectivity index (χ2n) is 5.13. The summed E-state index contributed by atoms with van der Waals surface area (Å²) in [7, 11) is 0. The Kier molecular flexibility index (Phi) is 4.71. The van der Waals surface area contributed by atoms with Crippen molar-refractivity contribution in [2.75, 3.05) is 0 Å². The molecule has 0 unspecified atom stereocenters. The molecule has 0 fully saturated rings. The zero-order valence-corrected chi connectivity index (χ0v) is 14.1. The molecule has 2 N–H and O–H groups in total. The minimum Gasteiger partial charge on any atom is -0.480 e. The summed E-state index contributed by atoms with van der Waals surface area (Å²) in [5.41, 5.74) is 3.09. The van der Waals surface area contributed by atoms with Crippen LogP contribution in [0.5, 0.6) is 0 Å². The van der Waals surface area contributed by atoms with Gasteiger partial charge in [-0.25, -0.2) is 0 Å². The van der Waals surface area contributed by atoms with Gasteiger partial charge in [0.25, 0.3) is 5.91 Å². The van der Waals surface area contributed by atoms with Crippen molar-refractivity contribution in [1.82, 2.24) is 9.88 Å². The van der Waals surface area contributed by atoms with Crippen molar-refractivity contribution < 1.29 is 14.7 Å². The first-order valence-electron chi connectivity index (χ1n) is 6.80. The van der Waals surface area contributed by atoms with Gasteiger partial charge in [0, 0.05) is 21.5 Å². The Morgan fingerprint density at radius 3 is 2.55 bits per heavy atom. The number of nitrogens with one attached hydrogen (secondary N) is 1. The van der Waals surface area contributed by atoms with E-state index in [-0.39, 0.29) is 5.91 Å². The Labute approximate surface area is 137 Å². The lowest BCUT2D eigenvalue weighted by molar-refractivity contribution is -0.138. The largest absolute Gasteiger partial charge is 0.480 e. The van der Waals surface area contributed by atoms with Gasteiger partial charge >= 0.3 is 5.97 Å². The highest BCUT2D eigenvalue weighted by Crippen LogP contribution is 2.23. The molecule has 2 aromatic rings. The normalized spacial score (nSPS) is 12.0. The quantitative estimate of drug-likeness (QED) is 0.875. The highest BCUT2D eigenvalue weighted by atomic mass is 79.9. The molecule has 22 heavy (non-hydrogen) atoms. The average molecular weight is 365 g/mol. The van der Waals surface area contributed by atoms with E-state index in [0.717, 1.165) is 21.5 Å². The maximum atomic E-state index is 12.2. The van der Waals surface area contributed by atoms with Gasteiger partial charge < -0.3 is 15.0 Å². The number of aliphatic carboxylic acids is 1. The number of carboxylic acids is 1. The standard InChI is InChI=1S/C16H17BrN2O3/c1-9-7-14(15(20)18-10(2)16(21)22)11(3)19(9)13-6-4-5-12(17)8-13/h4-8,10H,1-3H3,(H,18,20)(H,21,22)/t10-/m0/s1. The summed E-state index contributed by atoms with van der Waals surface area (Å²) in [4.78, 5) is 23.1. The topological polar surface area (TPSA) is 71.3 Å². The molecule has 1 aromatic heterocycles. The van der Waals surface area contributed by atoms with E-state index in [4.69, 9.17) is 5.11 Å². The molecule has 6 heteroatoms. The molecule has 0 aliphatic carbocycles. The molecule has 116 valence electrons. The number of carbonyl (C=O) groups excluding carboxylic acids is 1. The molecule has 0 saturated heterocycles. The fraction of sp³-hybridized carbons (Fsp3) is 0.250. The van der Waals surface area contributed by atoms with Crippen LogP contribution >= 0.6 is 15.9 Å². The lowest BCUT2D eigenvalue weighted by Gasteiger charge is -2.11. The van der Waals surface area contributed by atoms with Crippen LogP contribution in [-0.4, -0.2) is 27.6 Å². The van der Waals surface area contributed by atoms with Gasteiger partial charge in [0.15, 0.2) is 0 Å². The number of hydrogen-bond donors (Lipinski definition) is 2. The molecule has 0 bridgehead atoms. The molecule has 0 saturated carbocycles. The number of rotatable bonds is 4. The van der Waals surface area contributed by atoms with Crippen molar-refractivity contribution in [3.63, 3.8) is 0 Å². The number of aromatic nitrogens is 1. The highest BCUT2D eigenvalue weighted by molar-refractivity contribution is 9.10. The Hall–Kier alpha value is -2.08. The summed E-state index contributed by atoms with van der Waals surface area (Å²) in [6.45, 7) is 5.19. The zero-order chi connectivity index (χ0) is 16.4. The Morgan fingerprint density at radius 2 is 1.95 bits per heavy atom. The average Bonchev–Trinajstić information content (AvgIpc) is 2.73. The molecule has 0 radical (unpaired) electrons. The van der Waals surface area contributed by atoms with E-state index in [1.807, 2.05) is 42.7 Å². The number of amides is 1. The van der Waals surface area contributed by atoms with E-state index in [1.165, 1.54) is 6.92 Å². The molecular weight excluding hydrogens is 348 g/mol. The van der Waals surface area contributed by atoms with Gasteiger partial charge in [0.1, 0.15) is 6.04 Å². The predicted molar refractivity (Wildman–Crippen MR) is 87.5 cm³/mol. The maximum Gasteiger partial charge on any atom is 0.325 e. The van der Waals surface area contributed by atoms with Gasteiger partial charge in [-0.3, -0.25) is 9.59 Å². The molecule has 0 aliphatic rings. The van der Waals surface area contributed by atoms with Gasteiger partial charge in [0.2, 0.25) is 0 Å². The smallest absolute Gasteiger partial charge is 0.325 e. The summed E-state index contributed by atoms with van der Waals surface area (Å²) in [5, 5.41) is 11.4. The Bertz CT molecular complexity index is 737. The van der Waals surface area contributed by atoms with Crippen molar-refractivity contribution in [1.29, 1.82) is 0 Å². The number of carboxylic acid groups (broad SMARTS) is 1. The number of halogens is 1. The maximum absolute atomic E-state index is 12.2. The van der Waals surface area contributed by atoms with Crippen molar-refractivity contribution in [3.05, 3.63) is 51.8 Å². The third-order valence-corrected chi connectivity index (χ3v) is 3.95. The van der Waals surface area contributed by atoms with E-state index in [1.54, 1.807) is 6.07 Å². The molecule has 1 aromatic carbocycles. The fourth-order valence-electron chi connectivity index (χ4n) is 2.34. The van der Waals surface area contributed by atoms with Crippen LogP contribution in [0.4, 0.5) is 0 Å². The van der Waals surface area contributed by atoms with Crippen LogP contribution in [-0.2, 0) is 4.79 Å². The minimum atomic E-state index is -1.06. The number of carbonyl (C=O) groups is 2. The lowest BCUT2D eigenvalue weighted by Crippen LogP contribution is -2.38. The van der Waals surface area contributed by atoms with Crippen LogP contribution < -0.4 is 5.32 Å². The molecular formula is C16H17BrN2O3. The van der Waals surface area contributed by atoms with E-state index in [9.17, 15) is 9.59 Å². The van der Waals surface area contributed by atoms with Crippen LogP contribution in [0.15, 0.2) is 34.8 Å². The van der Waals surface area contributed by atoms with Gasteiger partial charge in [-0.2, -0.15) is 0 Å². The molecule has 2 rings (SSSR count). The molecule has 1 atom stereocenters. The van der Waals surface area contributed by atoms with Crippen molar-refractivity contribution in [2.24, 2.45) is 0 Å². The van der Waals surface area contributed by atoms with Gasteiger partial charge in [-0.15, -0.1) is 0 Å². The van der Waals surface area contributed by atoms with Gasteiger partial charge in [0.05, 0.1) is 5.56 Å². The van der Waals surface area contributed by atoms with Crippen molar-refractivity contribution in [2.45, 2.75) is 26.8 Å². The number of nitrogens with zero attached hydrogens (tertiary/aromatic N) is 1. The predicted octanol–water partition coefficient (Wildman–Crippen LogP) is 3.06. The molecule has 0 aliphatic heterocycles. The van der Waals surface area contributed by atoms with E-state index in [0.29, 0.717) is 5.56 Å². The number of hydrogen-bond acceptors (Lipinski definition) is 2. The summed E-state index contributed by atoms with van der Waals surface area (Å²) >= 11 is 3.44. The Morgan fingerprint density at radius 1 is 1.27 bits per heavy atom.